The quantitative estimate of drug-likeness (QED) is 0.770. The number of alkyl halides is 2. The number of carbonyl (C=O) groups is 1. The van der Waals surface area contributed by atoms with Gasteiger partial charge in [0.05, 0.1) is 5.56 Å². The molecule has 1 rings (SSSR count). The van der Waals surface area contributed by atoms with E-state index in [1.54, 1.807) is 0 Å². The maximum Gasteiger partial charge on any atom is 0.335 e. The van der Waals surface area contributed by atoms with Crippen LogP contribution in [0.2, 0.25) is 0 Å². The Kier molecular flexibility index (Phi) is 2.55. The molecule has 70 valence electrons. The van der Waals surface area contributed by atoms with Gasteiger partial charge in [0, 0.05) is 5.69 Å². The van der Waals surface area contributed by atoms with Crippen molar-refractivity contribution in [3.8, 4) is 0 Å². The number of rotatable bonds is 2. The number of carboxylic acids is 1. The summed E-state index contributed by atoms with van der Waals surface area (Å²) in [6, 6.07) is 2.12. The molecule has 0 bridgehead atoms. The van der Waals surface area contributed by atoms with Crippen LogP contribution < -0.4 is 0 Å². The lowest BCUT2D eigenvalue weighted by Gasteiger charge is -2.02. The summed E-state index contributed by atoms with van der Waals surface area (Å²) in [6.07, 6.45) is -2.74. The van der Waals surface area contributed by atoms with Gasteiger partial charge in [0.1, 0.15) is 5.69 Å². The normalized spacial score (nSPS) is 10.5. The van der Waals surface area contributed by atoms with Crippen molar-refractivity contribution in [2.24, 2.45) is 0 Å². The number of aromatic nitrogens is 1. The monoisotopic (exact) mass is 187 g/mol. The number of halogens is 2. The van der Waals surface area contributed by atoms with E-state index in [4.69, 9.17) is 5.11 Å². The topological polar surface area (TPSA) is 50.2 Å². The standard InChI is InChI=1S/C8H7F2NO2/c1-4-2-5(8(12)13)3-6(11-4)7(9)10/h2-3,7H,1H3,(H,12,13). The average Bonchev–Trinajstić information content (AvgIpc) is 2.03. The summed E-state index contributed by atoms with van der Waals surface area (Å²) in [5.74, 6) is -1.23. The predicted octanol–water partition coefficient (Wildman–Crippen LogP) is 2.03. The van der Waals surface area contributed by atoms with E-state index in [9.17, 15) is 13.6 Å². The Morgan fingerprint density at radius 2 is 2.15 bits per heavy atom. The van der Waals surface area contributed by atoms with Gasteiger partial charge < -0.3 is 5.11 Å². The van der Waals surface area contributed by atoms with Gasteiger partial charge in [-0.15, -0.1) is 0 Å². The first-order valence-electron chi connectivity index (χ1n) is 3.50. The highest BCUT2D eigenvalue weighted by Gasteiger charge is 2.13. The van der Waals surface area contributed by atoms with Crippen molar-refractivity contribution in [2.75, 3.05) is 0 Å². The van der Waals surface area contributed by atoms with Crippen LogP contribution in [0.5, 0.6) is 0 Å². The Labute approximate surface area is 73.0 Å². The van der Waals surface area contributed by atoms with Crippen molar-refractivity contribution in [3.63, 3.8) is 0 Å². The average molecular weight is 187 g/mol. The SMILES string of the molecule is Cc1cc(C(=O)O)cc(C(F)F)n1. The molecule has 0 aliphatic heterocycles. The van der Waals surface area contributed by atoms with Crippen LogP contribution in [0, 0.1) is 6.92 Å². The molecule has 0 saturated heterocycles. The van der Waals surface area contributed by atoms with Crippen LogP contribution in [0.3, 0.4) is 0 Å². The van der Waals surface area contributed by atoms with Crippen molar-refractivity contribution in [2.45, 2.75) is 13.3 Å². The van der Waals surface area contributed by atoms with Crippen LogP contribution in [-0.2, 0) is 0 Å². The molecule has 0 saturated carbocycles. The first-order chi connectivity index (χ1) is 6.00. The minimum Gasteiger partial charge on any atom is -0.478 e. The fourth-order valence-corrected chi connectivity index (χ4v) is 0.929. The summed E-state index contributed by atoms with van der Waals surface area (Å²) >= 11 is 0. The van der Waals surface area contributed by atoms with Gasteiger partial charge in [-0.25, -0.2) is 13.6 Å². The van der Waals surface area contributed by atoms with Crippen molar-refractivity contribution in [1.82, 2.24) is 4.98 Å². The predicted molar refractivity (Wildman–Crippen MR) is 40.9 cm³/mol. The van der Waals surface area contributed by atoms with E-state index in [0.29, 0.717) is 0 Å². The van der Waals surface area contributed by atoms with Crippen molar-refractivity contribution in [1.29, 1.82) is 0 Å². The Bertz CT molecular complexity index is 339. The third-order valence-electron chi connectivity index (χ3n) is 1.44. The third kappa shape index (κ3) is 2.21. The second kappa shape index (κ2) is 3.47. The summed E-state index contributed by atoms with van der Waals surface area (Å²) in [5.41, 5.74) is -0.393. The molecule has 0 fully saturated rings. The summed E-state index contributed by atoms with van der Waals surface area (Å²) in [7, 11) is 0. The van der Waals surface area contributed by atoms with Crippen LogP contribution >= 0.6 is 0 Å². The minimum absolute atomic E-state index is 0.164. The largest absolute Gasteiger partial charge is 0.478 e. The van der Waals surface area contributed by atoms with Crippen LogP contribution in [-0.4, -0.2) is 16.1 Å². The zero-order valence-electron chi connectivity index (χ0n) is 6.79. The van der Waals surface area contributed by atoms with Crippen LogP contribution in [0.1, 0.15) is 28.2 Å². The lowest BCUT2D eigenvalue weighted by Crippen LogP contribution is -2.01. The van der Waals surface area contributed by atoms with Gasteiger partial charge in [-0.1, -0.05) is 0 Å². The molecule has 3 nitrogen and oxygen atoms in total. The molecule has 5 heteroatoms. The molecule has 0 aliphatic rings. The van der Waals surface area contributed by atoms with E-state index in [1.807, 2.05) is 0 Å². The highest BCUT2D eigenvalue weighted by Crippen LogP contribution is 2.18. The summed E-state index contributed by atoms with van der Waals surface area (Å²) < 4.78 is 24.3. The molecule has 0 spiro atoms. The minimum atomic E-state index is -2.74. The fraction of sp³-hybridized carbons (Fsp3) is 0.250. The summed E-state index contributed by atoms with van der Waals surface area (Å²) in [4.78, 5) is 14.0. The number of carboxylic acid groups (broad SMARTS) is 1. The maximum atomic E-state index is 12.1. The van der Waals surface area contributed by atoms with E-state index >= 15 is 0 Å². The van der Waals surface area contributed by atoms with Crippen LogP contribution in [0.15, 0.2) is 12.1 Å². The highest BCUT2D eigenvalue weighted by molar-refractivity contribution is 5.87. The lowest BCUT2D eigenvalue weighted by atomic mass is 10.2. The lowest BCUT2D eigenvalue weighted by molar-refractivity contribution is 0.0696. The molecule has 0 unspecified atom stereocenters. The van der Waals surface area contributed by atoms with Gasteiger partial charge in [0.15, 0.2) is 0 Å². The molecule has 0 aliphatic carbocycles. The number of hydrogen-bond donors (Lipinski definition) is 1. The molecule has 1 N–H and O–H groups in total. The Balaban J connectivity index is 3.19. The molecule has 1 aromatic rings. The third-order valence-corrected chi connectivity index (χ3v) is 1.44. The maximum absolute atomic E-state index is 12.1. The van der Waals surface area contributed by atoms with E-state index < -0.39 is 18.1 Å². The number of aromatic carboxylic acids is 1. The van der Waals surface area contributed by atoms with E-state index in [0.717, 1.165) is 6.07 Å². The zero-order valence-corrected chi connectivity index (χ0v) is 6.79. The summed E-state index contributed by atoms with van der Waals surface area (Å²) in [5, 5.41) is 8.54. The second-order valence-electron chi connectivity index (χ2n) is 2.53. The molecular formula is C8H7F2NO2. The molecule has 0 radical (unpaired) electrons. The van der Waals surface area contributed by atoms with Gasteiger partial charge in [-0.05, 0) is 19.1 Å². The molecule has 1 aromatic heterocycles. The van der Waals surface area contributed by atoms with Crippen LogP contribution in [0.4, 0.5) is 8.78 Å². The van der Waals surface area contributed by atoms with Gasteiger partial charge in [-0.2, -0.15) is 0 Å². The van der Waals surface area contributed by atoms with Gasteiger partial charge in [0.2, 0.25) is 0 Å². The summed E-state index contributed by atoms with van der Waals surface area (Å²) in [6.45, 7) is 1.47. The second-order valence-corrected chi connectivity index (χ2v) is 2.53. The van der Waals surface area contributed by atoms with Gasteiger partial charge >= 0.3 is 5.97 Å². The highest BCUT2D eigenvalue weighted by atomic mass is 19.3. The van der Waals surface area contributed by atoms with E-state index in [-0.39, 0.29) is 11.3 Å². The molecule has 0 aromatic carbocycles. The Morgan fingerprint density at radius 1 is 1.54 bits per heavy atom. The molecule has 13 heavy (non-hydrogen) atoms. The zero-order chi connectivity index (χ0) is 10.0. The molecule has 0 amide bonds. The smallest absolute Gasteiger partial charge is 0.335 e. The first kappa shape index (κ1) is 9.57. The molecular weight excluding hydrogens is 180 g/mol. The number of hydrogen-bond acceptors (Lipinski definition) is 2. The number of aryl methyl sites for hydroxylation is 1. The van der Waals surface area contributed by atoms with Gasteiger partial charge in [-0.3, -0.25) is 4.98 Å². The van der Waals surface area contributed by atoms with Crippen molar-refractivity contribution >= 4 is 5.97 Å². The fourth-order valence-electron chi connectivity index (χ4n) is 0.929. The van der Waals surface area contributed by atoms with Crippen molar-refractivity contribution in [3.05, 3.63) is 29.1 Å². The number of nitrogens with zero attached hydrogens (tertiary/aromatic N) is 1. The van der Waals surface area contributed by atoms with E-state index in [1.165, 1.54) is 13.0 Å². The van der Waals surface area contributed by atoms with Crippen molar-refractivity contribution < 1.29 is 18.7 Å². The molecule has 0 atom stereocenters. The first-order valence-corrected chi connectivity index (χ1v) is 3.50. The number of pyridine rings is 1. The molecule has 1 heterocycles. The van der Waals surface area contributed by atoms with Gasteiger partial charge in [0.25, 0.3) is 6.43 Å². The van der Waals surface area contributed by atoms with Crippen LogP contribution in [0.25, 0.3) is 0 Å². The van der Waals surface area contributed by atoms with E-state index in [2.05, 4.69) is 4.98 Å². The Hall–Kier alpha value is -1.52. The Morgan fingerprint density at radius 3 is 2.62 bits per heavy atom.